The zero-order valence-electron chi connectivity index (χ0n) is 31.9. The lowest BCUT2D eigenvalue weighted by atomic mass is 9.82. The number of hydrogen-bond donors (Lipinski definition) is 0. The molecule has 0 radical (unpaired) electrons. The van der Waals surface area contributed by atoms with Gasteiger partial charge in [0, 0.05) is 39.2 Å². The van der Waals surface area contributed by atoms with Crippen molar-refractivity contribution < 1.29 is 4.74 Å². The lowest BCUT2D eigenvalue weighted by molar-refractivity contribution is 0.488. The zero-order valence-corrected chi connectivity index (χ0v) is 31.9. The molecule has 2 heteroatoms. The minimum Gasteiger partial charge on any atom is -0.456 e. The van der Waals surface area contributed by atoms with E-state index in [1.807, 2.05) is 0 Å². The van der Waals surface area contributed by atoms with Gasteiger partial charge in [0.25, 0.3) is 0 Å². The highest BCUT2D eigenvalue weighted by molar-refractivity contribution is 6.03. The Morgan fingerprint density at radius 2 is 0.930 bits per heavy atom. The topological polar surface area (TPSA) is 12.5 Å². The largest absolute Gasteiger partial charge is 0.456 e. The van der Waals surface area contributed by atoms with E-state index in [-0.39, 0.29) is 5.41 Å². The normalized spacial score (nSPS) is 13.0. The van der Waals surface area contributed by atoms with E-state index in [0.717, 1.165) is 50.6 Å². The van der Waals surface area contributed by atoms with Crippen LogP contribution in [0.1, 0.15) is 25.0 Å². The summed E-state index contributed by atoms with van der Waals surface area (Å²) < 4.78 is 7.00. The maximum atomic E-state index is 7.00. The Bertz CT molecular complexity index is 3000. The van der Waals surface area contributed by atoms with Crippen LogP contribution >= 0.6 is 0 Å². The molecule has 1 aliphatic carbocycles. The molecule has 1 aliphatic heterocycles. The van der Waals surface area contributed by atoms with Crippen LogP contribution in [-0.2, 0) is 5.41 Å². The summed E-state index contributed by atoms with van der Waals surface area (Å²) >= 11 is 0. The second-order valence-electron chi connectivity index (χ2n) is 15.7. The molecule has 11 rings (SSSR count). The highest BCUT2D eigenvalue weighted by Gasteiger charge is 2.36. The van der Waals surface area contributed by atoms with E-state index in [4.69, 9.17) is 4.74 Å². The van der Waals surface area contributed by atoms with Gasteiger partial charge in [0.15, 0.2) is 0 Å². The van der Waals surface area contributed by atoms with Crippen molar-refractivity contribution in [1.29, 1.82) is 0 Å². The first-order valence-electron chi connectivity index (χ1n) is 19.8. The fourth-order valence-corrected chi connectivity index (χ4v) is 9.21. The van der Waals surface area contributed by atoms with Gasteiger partial charge in [0.1, 0.15) is 11.5 Å². The molecule has 270 valence electrons. The average Bonchev–Trinajstić information content (AvgIpc) is 3.40. The molecule has 9 aromatic rings. The van der Waals surface area contributed by atoms with Gasteiger partial charge in [-0.3, -0.25) is 0 Å². The van der Waals surface area contributed by atoms with Crippen molar-refractivity contribution in [3.63, 3.8) is 0 Å². The predicted octanol–water partition coefficient (Wildman–Crippen LogP) is 15.4. The second-order valence-corrected chi connectivity index (χ2v) is 15.7. The van der Waals surface area contributed by atoms with Gasteiger partial charge in [-0.05, 0) is 115 Å². The van der Waals surface area contributed by atoms with Crippen LogP contribution in [0.25, 0.3) is 66.4 Å². The van der Waals surface area contributed by atoms with Crippen LogP contribution in [0.4, 0.5) is 17.1 Å². The Hall–Kier alpha value is -7.16. The molecular formula is C55H39NO. The minimum absolute atomic E-state index is 0.134. The monoisotopic (exact) mass is 729 g/mol. The summed E-state index contributed by atoms with van der Waals surface area (Å²) in [7, 11) is 0. The van der Waals surface area contributed by atoms with Gasteiger partial charge in [-0.1, -0.05) is 159 Å². The number of rotatable bonds is 5. The maximum absolute atomic E-state index is 7.00. The SMILES string of the molecule is CC1(C)c2ccccc2-c2ccc(N(c3ccc(-c4ccccc4)cc3)c3ccc4c(c3)-c3c(-c5ccccc5)cccc3-c3cc5ccccc5cc3O4)cc21. The third-order valence-corrected chi connectivity index (χ3v) is 12.1. The quantitative estimate of drug-likeness (QED) is 0.175. The molecule has 9 aromatic carbocycles. The fourth-order valence-electron chi connectivity index (χ4n) is 9.21. The molecule has 1 heterocycles. The van der Waals surface area contributed by atoms with E-state index < -0.39 is 0 Å². The second kappa shape index (κ2) is 13.0. The van der Waals surface area contributed by atoms with E-state index in [9.17, 15) is 0 Å². The molecule has 2 nitrogen and oxygen atoms in total. The van der Waals surface area contributed by atoms with E-state index >= 15 is 0 Å². The number of ether oxygens (including phenoxy) is 1. The highest BCUT2D eigenvalue weighted by Crippen LogP contribution is 2.54. The molecule has 57 heavy (non-hydrogen) atoms. The Morgan fingerprint density at radius 1 is 0.351 bits per heavy atom. The summed E-state index contributed by atoms with van der Waals surface area (Å²) in [6, 6.07) is 72.6. The summed E-state index contributed by atoms with van der Waals surface area (Å²) in [4.78, 5) is 2.41. The van der Waals surface area contributed by atoms with E-state index in [1.165, 1.54) is 55.5 Å². The molecule has 0 spiro atoms. The van der Waals surface area contributed by atoms with Crippen LogP contribution in [0.5, 0.6) is 11.5 Å². The number of fused-ring (bicyclic) bond motifs is 9. The van der Waals surface area contributed by atoms with Gasteiger partial charge in [0.2, 0.25) is 0 Å². The van der Waals surface area contributed by atoms with Crippen LogP contribution in [0.15, 0.2) is 200 Å². The van der Waals surface area contributed by atoms with Gasteiger partial charge < -0.3 is 9.64 Å². The Labute approximate surface area is 333 Å². The highest BCUT2D eigenvalue weighted by atomic mass is 16.5. The summed E-state index contributed by atoms with van der Waals surface area (Å²) in [5, 5.41) is 2.35. The van der Waals surface area contributed by atoms with Crippen molar-refractivity contribution in [3.8, 4) is 67.1 Å². The van der Waals surface area contributed by atoms with Gasteiger partial charge in [-0.15, -0.1) is 0 Å². The van der Waals surface area contributed by atoms with E-state index in [0.29, 0.717) is 0 Å². The minimum atomic E-state index is -0.134. The number of nitrogens with zero attached hydrogens (tertiary/aromatic N) is 1. The van der Waals surface area contributed by atoms with Crippen molar-refractivity contribution in [2.45, 2.75) is 19.3 Å². The molecule has 0 aromatic heterocycles. The van der Waals surface area contributed by atoms with Gasteiger partial charge in [0.05, 0.1) is 0 Å². The van der Waals surface area contributed by atoms with Crippen LogP contribution in [0.3, 0.4) is 0 Å². The molecule has 0 saturated heterocycles. The molecule has 0 atom stereocenters. The van der Waals surface area contributed by atoms with Crippen molar-refractivity contribution in [2.75, 3.05) is 4.90 Å². The summed E-state index contributed by atoms with van der Waals surface area (Å²) in [5.41, 5.74) is 17.7. The summed E-state index contributed by atoms with van der Waals surface area (Å²) in [6.07, 6.45) is 0. The molecule has 0 bridgehead atoms. The Balaban J connectivity index is 1.14. The standard InChI is InChI=1S/C55H39NO/c1-55(2)50-23-12-11-20-45(50)46-30-28-43(35-51(46)55)56(41-26-24-37(25-27-41)36-14-5-3-6-15-36)42-29-31-52-49(34-42)54-44(38-16-7-4-8-17-38)21-13-22-47(54)48-32-39-18-9-10-19-40(39)33-53(48)57-52/h3-35H,1-2H3. The zero-order chi connectivity index (χ0) is 38.1. The van der Waals surface area contributed by atoms with Gasteiger partial charge in [-0.25, -0.2) is 0 Å². The van der Waals surface area contributed by atoms with Crippen LogP contribution in [0.2, 0.25) is 0 Å². The molecule has 0 unspecified atom stereocenters. The summed E-state index contributed by atoms with van der Waals surface area (Å²) in [5.74, 6) is 1.70. The van der Waals surface area contributed by atoms with Crippen LogP contribution in [-0.4, -0.2) is 0 Å². The van der Waals surface area contributed by atoms with Gasteiger partial charge in [-0.2, -0.15) is 0 Å². The molecular weight excluding hydrogens is 691 g/mol. The van der Waals surface area contributed by atoms with E-state index in [1.54, 1.807) is 0 Å². The van der Waals surface area contributed by atoms with Gasteiger partial charge >= 0.3 is 0 Å². The van der Waals surface area contributed by atoms with Crippen molar-refractivity contribution >= 4 is 27.8 Å². The smallest absolute Gasteiger partial charge is 0.135 e. The first kappa shape index (κ1) is 33.2. The van der Waals surface area contributed by atoms with Crippen molar-refractivity contribution in [2.24, 2.45) is 0 Å². The lowest BCUT2D eigenvalue weighted by Gasteiger charge is -2.29. The molecule has 2 aliphatic rings. The average molecular weight is 730 g/mol. The third kappa shape index (κ3) is 5.40. The van der Waals surface area contributed by atoms with Crippen molar-refractivity contribution in [3.05, 3.63) is 211 Å². The molecule has 0 N–H and O–H groups in total. The third-order valence-electron chi connectivity index (χ3n) is 12.1. The van der Waals surface area contributed by atoms with Crippen LogP contribution in [0, 0.1) is 0 Å². The van der Waals surface area contributed by atoms with E-state index in [2.05, 4.69) is 219 Å². The Morgan fingerprint density at radius 3 is 1.72 bits per heavy atom. The lowest BCUT2D eigenvalue weighted by Crippen LogP contribution is -2.16. The molecule has 0 fully saturated rings. The summed E-state index contributed by atoms with van der Waals surface area (Å²) in [6.45, 7) is 4.70. The Kier molecular flexibility index (Phi) is 7.55. The number of anilines is 3. The fraction of sp³-hybridized carbons (Fsp3) is 0.0545. The molecule has 0 saturated carbocycles. The predicted molar refractivity (Wildman–Crippen MR) is 238 cm³/mol. The molecule has 0 amide bonds. The van der Waals surface area contributed by atoms with Crippen LogP contribution < -0.4 is 9.64 Å². The first-order valence-corrected chi connectivity index (χ1v) is 19.8. The number of hydrogen-bond acceptors (Lipinski definition) is 2. The maximum Gasteiger partial charge on any atom is 0.135 e. The first-order chi connectivity index (χ1) is 28.0. The number of benzene rings is 9. The van der Waals surface area contributed by atoms with Crippen molar-refractivity contribution in [1.82, 2.24) is 0 Å².